The van der Waals surface area contributed by atoms with Crippen LogP contribution >= 0.6 is 11.8 Å². The number of hydrogen-bond acceptors (Lipinski definition) is 3. The number of thioether (sulfide) groups is 1. The van der Waals surface area contributed by atoms with Crippen molar-refractivity contribution >= 4 is 11.8 Å². The predicted octanol–water partition coefficient (Wildman–Crippen LogP) is 2.44. The van der Waals surface area contributed by atoms with Gasteiger partial charge in [-0.1, -0.05) is 13.0 Å². The first-order valence-electron chi connectivity index (χ1n) is 5.30. The van der Waals surface area contributed by atoms with E-state index >= 15 is 0 Å². The van der Waals surface area contributed by atoms with Gasteiger partial charge in [0.05, 0.1) is 12.0 Å². The largest absolute Gasteiger partial charge is 0.326 e. The van der Waals surface area contributed by atoms with Gasteiger partial charge in [0.25, 0.3) is 0 Å². The van der Waals surface area contributed by atoms with E-state index in [2.05, 4.69) is 30.1 Å². The molecule has 0 unspecified atom stereocenters. The molecule has 84 valence electrons. The Morgan fingerprint density at radius 1 is 1.44 bits per heavy atom. The minimum atomic E-state index is 0.552. The molecule has 1 aromatic heterocycles. The van der Waals surface area contributed by atoms with Crippen LogP contribution in [0.3, 0.4) is 0 Å². The van der Waals surface area contributed by atoms with Crippen molar-refractivity contribution in [3.8, 4) is 5.69 Å². The second kappa shape index (κ2) is 5.18. The van der Waals surface area contributed by atoms with Crippen LogP contribution in [0.4, 0.5) is 0 Å². The Balaban J connectivity index is 2.49. The zero-order valence-corrected chi connectivity index (χ0v) is 10.1. The van der Waals surface area contributed by atoms with Crippen LogP contribution in [0.1, 0.15) is 12.5 Å². The van der Waals surface area contributed by atoms with E-state index < -0.39 is 0 Å². The molecule has 0 aliphatic carbocycles. The third-order valence-corrected chi connectivity index (χ3v) is 3.38. The molecule has 0 saturated heterocycles. The number of imidazole rings is 1. The molecule has 0 atom stereocenters. The van der Waals surface area contributed by atoms with Crippen LogP contribution in [0.25, 0.3) is 5.69 Å². The summed E-state index contributed by atoms with van der Waals surface area (Å²) in [7, 11) is 0. The van der Waals surface area contributed by atoms with E-state index in [0.717, 1.165) is 11.4 Å². The fourth-order valence-electron chi connectivity index (χ4n) is 1.69. The average molecular weight is 233 g/mol. The van der Waals surface area contributed by atoms with Gasteiger partial charge in [0, 0.05) is 29.4 Å². The minimum Gasteiger partial charge on any atom is -0.326 e. The summed E-state index contributed by atoms with van der Waals surface area (Å²) in [5.74, 6) is 1.06. The first-order valence-corrected chi connectivity index (χ1v) is 6.28. The van der Waals surface area contributed by atoms with Crippen LogP contribution in [-0.2, 0) is 6.54 Å². The molecule has 2 aromatic rings. The van der Waals surface area contributed by atoms with Gasteiger partial charge in [0.2, 0.25) is 0 Å². The van der Waals surface area contributed by atoms with Crippen molar-refractivity contribution in [2.75, 3.05) is 5.75 Å². The van der Waals surface area contributed by atoms with Gasteiger partial charge in [-0.3, -0.25) is 0 Å². The topological polar surface area (TPSA) is 43.8 Å². The highest BCUT2D eigenvalue weighted by Gasteiger charge is 2.07. The number of aromatic nitrogens is 2. The zero-order valence-electron chi connectivity index (χ0n) is 9.26. The second-order valence-electron chi connectivity index (χ2n) is 3.36. The molecule has 0 spiro atoms. The zero-order chi connectivity index (χ0) is 11.4. The van der Waals surface area contributed by atoms with Crippen molar-refractivity contribution in [3.05, 3.63) is 42.5 Å². The monoisotopic (exact) mass is 233 g/mol. The Morgan fingerprint density at radius 2 is 2.31 bits per heavy atom. The van der Waals surface area contributed by atoms with E-state index in [4.69, 9.17) is 5.73 Å². The summed E-state index contributed by atoms with van der Waals surface area (Å²) >= 11 is 1.82. The number of nitrogens with zero attached hydrogens (tertiary/aromatic N) is 2. The van der Waals surface area contributed by atoms with E-state index in [0.29, 0.717) is 6.54 Å². The average Bonchev–Trinajstić information content (AvgIpc) is 2.82. The lowest BCUT2D eigenvalue weighted by atomic mass is 10.2. The Labute approximate surface area is 99.7 Å². The molecule has 2 N–H and O–H groups in total. The first kappa shape index (κ1) is 11.2. The molecule has 0 saturated carbocycles. The normalized spacial score (nSPS) is 10.6. The highest BCUT2D eigenvalue weighted by atomic mass is 32.2. The van der Waals surface area contributed by atoms with Gasteiger partial charge in [0.15, 0.2) is 0 Å². The smallest absolute Gasteiger partial charge is 0.0991 e. The van der Waals surface area contributed by atoms with Crippen LogP contribution in [-0.4, -0.2) is 15.3 Å². The summed E-state index contributed by atoms with van der Waals surface area (Å²) in [4.78, 5) is 5.33. The van der Waals surface area contributed by atoms with E-state index in [1.54, 1.807) is 12.5 Å². The molecular formula is C12H15N3S. The Bertz CT molecular complexity index is 451. The van der Waals surface area contributed by atoms with E-state index in [1.807, 2.05) is 22.5 Å². The standard InChI is InChI=1S/C12H15N3S/c1-2-16-12-5-3-4-11(10(12)8-13)15-7-6-14-9-15/h3-7,9H,2,8,13H2,1H3. The maximum absolute atomic E-state index is 5.84. The molecule has 0 radical (unpaired) electrons. The van der Waals surface area contributed by atoms with Gasteiger partial charge in [-0.2, -0.15) is 0 Å². The third-order valence-electron chi connectivity index (χ3n) is 2.39. The van der Waals surface area contributed by atoms with Crippen molar-refractivity contribution in [1.82, 2.24) is 9.55 Å². The fourth-order valence-corrected chi connectivity index (χ4v) is 2.54. The van der Waals surface area contributed by atoms with Gasteiger partial charge < -0.3 is 10.3 Å². The summed E-state index contributed by atoms with van der Waals surface area (Å²) in [5.41, 5.74) is 8.15. The van der Waals surface area contributed by atoms with Gasteiger partial charge in [0.1, 0.15) is 0 Å². The molecule has 3 nitrogen and oxygen atoms in total. The molecule has 1 aromatic carbocycles. The van der Waals surface area contributed by atoms with Gasteiger partial charge >= 0.3 is 0 Å². The molecule has 0 aliphatic heterocycles. The summed E-state index contributed by atoms with van der Waals surface area (Å²) in [6.07, 6.45) is 5.52. The van der Waals surface area contributed by atoms with E-state index in [-0.39, 0.29) is 0 Å². The molecule has 0 bridgehead atoms. The maximum atomic E-state index is 5.84. The fraction of sp³-hybridized carbons (Fsp3) is 0.250. The molecule has 0 fully saturated rings. The van der Waals surface area contributed by atoms with Gasteiger partial charge in [-0.05, 0) is 17.9 Å². The number of rotatable bonds is 4. The predicted molar refractivity (Wildman–Crippen MR) is 67.9 cm³/mol. The summed E-state index contributed by atoms with van der Waals surface area (Å²) in [6.45, 7) is 2.70. The molecule has 2 rings (SSSR count). The third kappa shape index (κ3) is 2.13. The van der Waals surface area contributed by atoms with Crippen molar-refractivity contribution < 1.29 is 0 Å². The summed E-state index contributed by atoms with van der Waals surface area (Å²) in [5, 5.41) is 0. The first-order chi connectivity index (χ1) is 7.86. The van der Waals surface area contributed by atoms with Crippen molar-refractivity contribution in [2.24, 2.45) is 5.73 Å². The molecule has 16 heavy (non-hydrogen) atoms. The minimum absolute atomic E-state index is 0.552. The Kier molecular flexibility index (Phi) is 3.64. The van der Waals surface area contributed by atoms with Gasteiger partial charge in [-0.25, -0.2) is 4.98 Å². The van der Waals surface area contributed by atoms with Crippen molar-refractivity contribution in [2.45, 2.75) is 18.4 Å². The number of benzene rings is 1. The molecule has 0 aliphatic rings. The van der Waals surface area contributed by atoms with E-state index in [9.17, 15) is 0 Å². The van der Waals surface area contributed by atoms with Crippen molar-refractivity contribution in [3.63, 3.8) is 0 Å². The van der Waals surface area contributed by atoms with Crippen LogP contribution in [0.15, 0.2) is 41.8 Å². The van der Waals surface area contributed by atoms with Crippen molar-refractivity contribution in [1.29, 1.82) is 0 Å². The number of nitrogens with two attached hydrogens (primary N) is 1. The van der Waals surface area contributed by atoms with Crippen LogP contribution in [0.2, 0.25) is 0 Å². The summed E-state index contributed by atoms with van der Waals surface area (Å²) in [6, 6.07) is 6.26. The molecule has 0 amide bonds. The van der Waals surface area contributed by atoms with Crippen LogP contribution in [0, 0.1) is 0 Å². The van der Waals surface area contributed by atoms with Gasteiger partial charge in [-0.15, -0.1) is 11.8 Å². The lowest BCUT2D eigenvalue weighted by molar-refractivity contribution is 0.954. The molecule has 1 heterocycles. The highest BCUT2D eigenvalue weighted by molar-refractivity contribution is 7.99. The lowest BCUT2D eigenvalue weighted by Crippen LogP contribution is -2.05. The summed E-state index contributed by atoms with van der Waals surface area (Å²) < 4.78 is 2.00. The highest BCUT2D eigenvalue weighted by Crippen LogP contribution is 2.27. The lowest BCUT2D eigenvalue weighted by Gasteiger charge is -2.12. The second-order valence-corrected chi connectivity index (χ2v) is 4.67. The van der Waals surface area contributed by atoms with E-state index in [1.165, 1.54) is 10.5 Å². The maximum Gasteiger partial charge on any atom is 0.0991 e. The Morgan fingerprint density at radius 3 is 2.94 bits per heavy atom. The van der Waals surface area contributed by atoms with Crippen LogP contribution in [0.5, 0.6) is 0 Å². The molecular weight excluding hydrogens is 218 g/mol. The molecule has 4 heteroatoms. The quantitative estimate of drug-likeness (QED) is 0.825. The SMILES string of the molecule is CCSc1cccc(-n2ccnc2)c1CN. The number of hydrogen-bond donors (Lipinski definition) is 1. The van der Waals surface area contributed by atoms with Crippen LogP contribution < -0.4 is 5.73 Å². The Hall–Kier alpha value is -1.26.